The fourth-order valence-electron chi connectivity index (χ4n) is 3.69. The summed E-state index contributed by atoms with van der Waals surface area (Å²) in [4.78, 5) is 0. The van der Waals surface area contributed by atoms with Crippen molar-refractivity contribution in [1.29, 1.82) is 0 Å². The lowest BCUT2D eigenvalue weighted by atomic mass is 9.81. The molecule has 0 amide bonds. The Hall–Kier alpha value is -0.530. The monoisotopic (exact) mass is 235 g/mol. The number of rotatable bonds is 2. The molecule has 1 aromatic carbocycles. The van der Waals surface area contributed by atoms with Crippen molar-refractivity contribution in [3.63, 3.8) is 0 Å². The minimum absolute atomic E-state index is 0.189. The van der Waals surface area contributed by atoms with E-state index in [1.54, 1.807) is 0 Å². The molecular weight excluding hydrogens is 218 g/mol. The van der Waals surface area contributed by atoms with E-state index in [0.29, 0.717) is 5.92 Å². The van der Waals surface area contributed by atoms with Crippen LogP contribution in [-0.4, -0.2) is 0 Å². The van der Waals surface area contributed by atoms with Crippen LogP contribution in [0.4, 0.5) is 0 Å². The second-order valence-electron chi connectivity index (χ2n) is 5.42. The highest BCUT2D eigenvalue weighted by Gasteiger charge is 2.42. The van der Waals surface area contributed by atoms with Gasteiger partial charge in [0.1, 0.15) is 0 Å². The van der Waals surface area contributed by atoms with Crippen LogP contribution >= 0.6 is 11.6 Å². The molecule has 4 unspecified atom stereocenters. The number of halogens is 1. The molecule has 0 heterocycles. The Morgan fingerprint density at radius 1 is 1.25 bits per heavy atom. The fourth-order valence-corrected chi connectivity index (χ4v) is 3.89. The van der Waals surface area contributed by atoms with Gasteiger partial charge in [-0.15, -0.1) is 0 Å². The van der Waals surface area contributed by atoms with Crippen LogP contribution in [0.1, 0.15) is 37.3 Å². The maximum atomic E-state index is 6.40. The Kier molecular flexibility index (Phi) is 2.68. The summed E-state index contributed by atoms with van der Waals surface area (Å²) >= 11 is 6.02. The van der Waals surface area contributed by atoms with E-state index in [4.69, 9.17) is 17.3 Å². The lowest BCUT2D eigenvalue weighted by Gasteiger charge is -2.28. The molecule has 86 valence electrons. The minimum atomic E-state index is 0.189. The van der Waals surface area contributed by atoms with Crippen LogP contribution in [0, 0.1) is 17.8 Å². The second-order valence-corrected chi connectivity index (χ2v) is 5.86. The third-order valence-corrected chi connectivity index (χ3v) is 4.72. The van der Waals surface area contributed by atoms with E-state index in [0.717, 1.165) is 16.9 Å². The molecule has 0 saturated heterocycles. The van der Waals surface area contributed by atoms with Crippen molar-refractivity contribution in [2.75, 3.05) is 0 Å². The van der Waals surface area contributed by atoms with E-state index >= 15 is 0 Å². The predicted octanol–water partition coefficient (Wildman–Crippen LogP) is 3.78. The number of benzene rings is 1. The van der Waals surface area contributed by atoms with Gasteiger partial charge in [0.05, 0.1) is 0 Å². The Balaban J connectivity index is 1.80. The summed E-state index contributed by atoms with van der Waals surface area (Å²) in [7, 11) is 0. The molecule has 3 rings (SSSR count). The average molecular weight is 236 g/mol. The van der Waals surface area contributed by atoms with Gasteiger partial charge in [-0.2, -0.15) is 0 Å². The van der Waals surface area contributed by atoms with Gasteiger partial charge in [0.15, 0.2) is 0 Å². The molecule has 2 N–H and O–H groups in total. The van der Waals surface area contributed by atoms with Crippen LogP contribution in [0.3, 0.4) is 0 Å². The number of nitrogens with two attached hydrogens (primary N) is 1. The van der Waals surface area contributed by atoms with Crippen molar-refractivity contribution in [2.45, 2.75) is 31.7 Å². The second kappa shape index (κ2) is 4.05. The quantitative estimate of drug-likeness (QED) is 0.830. The molecule has 2 aliphatic rings. The van der Waals surface area contributed by atoms with Gasteiger partial charge in [-0.25, -0.2) is 0 Å². The van der Waals surface area contributed by atoms with Crippen molar-refractivity contribution in [2.24, 2.45) is 23.5 Å². The van der Waals surface area contributed by atoms with E-state index in [-0.39, 0.29) is 6.04 Å². The molecule has 0 radical (unpaired) electrons. The first-order valence-corrected chi connectivity index (χ1v) is 6.63. The Labute approximate surface area is 102 Å². The highest BCUT2D eigenvalue weighted by Crippen LogP contribution is 2.51. The summed E-state index contributed by atoms with van der Waals surface area (Å²) in [5.74, 6) is 2.52. The lowest BCUT2D eigenvalue weighted by Crippen LogP contribution is -2.25. The first-order chi connectivity index (χ1) is 7.74. The largest absolute Gasteiger partial charge is 0.324 e. The zero-order valence-electron chi connectivity index (χ0n) is 9.40. The van der Waals surface area contributed by atoms with Crippen LogP contribution in [0.25, 0.3) is 0 Å². The molecular formula is C14H18ClN. The number of hydrogen-bond acceptors (Lipinski definition) is 1. The number of hydrogen-bond donors (Lipinski definition) is 1. The zero-order chi connectivity index (χ0) is 11.1. The highest BCUT2D eigenvalue weighted by molar-refractivity contribution is 6.30. The maximum absolute atomic E-state index is 6.40. The van der Waals surface area contributed by atoms with Gasteiger partial charge in [-0.3, -0.25) is 0 Å². The molecule has 0 aliphatic heterocycles. The van der Waals surface area contributed by atoms with Crippen LogP contribution in [0.15, 0.2) is 24.3 Å². The molecule has 1 aromatic rings. The van der Waals surface area contributed by atoms with E-state index in [1.807, 2.05) is 18.2 Å². The average Bonchev–Trinajstić information content (AvgIpc) is 2.89. The molecule has 4 atom stereocenters. The van der Waals surface area contributed by atoms with E-state index in [1.165, 1.54) is 31.2 Å². The summed E-state index contributed by atoms with van der Waals surface area (Å²) in [6.07, 6.45) is 5.57. The van der Waals surface area contributed by atoms with Crippen LogP contribution in [0.2, 0.25) is 5.02 Å². The molecule has 0 aromatic heterocycles. The molecule has 1 nitrogen and oxygen atoms in total. The molecule has 2 fully saturated rings. The topological polar surface area (TPSA) is 26.0 Å². The van der Waals surface area contributed by atoms with Gasteiger partial charge in [0.25, 0.3) is 0 Å². The van der Waals surface area contributed by atoms with Crippen molar-refractivity contribution in [1.82, 2.24) is 0 Å². The molecule has 2 aliphatic carbocycles. The highest BCUT2D eigenvalue weighted by atomic mass is 35.5. The van der Waals surface area contributed by atoms with Gasteiger partial charge < -0.3 is 5.73 Å². The van der Waals surface area contributed by atoms with Crippen LogP contribution < -0.4 is 5.73 Å². The lowest BCUT2D eigenvalue weighted by molar-refractivity contribution is 0.284. The standard InChI is InChI=1S/C14H18ClN/c15-12-3-1-2-11(8-12)14(16)13-7-9-4-5-10(13)6-9/h1-3,8-10,13-14H,4-7,16H2. The zero-order valence-corrected chi connectivity index (χ0v) is 10.2. The minimum Gasteiger partial charge on any atom is -0.324 e. The van der Waals surface area contributed by atoms with E-state index < -0.39 is 0 Å². The normalized spacial score (nSPS) is 34.2. The molecule has 16 heavy (non-hydrogen) atoms. The van der Waals surface area contributed by atoms with Crippen molar-refractivity contribution < 1.29 is 0 Å². The molecule has 2 heteroatoms. The first-order valence-electron chi connectivity index (χ1n) is 6.25. The summed E-state index contributed by atoms with van der Waals surface area (Å²) in [5, 5.41) is 0.802. The van der Waals surface area contributed by atoms with E-state index in [2.05, 4.69) is 6.07 Å². The van der Waals surface area contributed by atoms with Crippen molar-refractivity contribution >= 4 is 11.6 Å². The molecule has 2 saturated carbocycles. The predicted molar refractivity (Wildman–Crippen MR) is 67.3 cm³/mol. The van der Waals surface area contributed by atoms with Crippen molar-refractivity contribution in [3.8, 4) is 0 Å². The van der Waals surface area contributed by atoms with Crippen molar-refractivity contribution in [3.05, 3.63) is 34.9 Å². The smallest absolute Gasteiger partial charge is 0.0409 e. The SMILES string of the molecule is NC(c1cccc(Cl)c1)C1CC2CCC1C2. The summed E-state index contributed by atoms with van der Waals surface area (Å²) in [6, 6.07) is 8.25. The maximum Gasteiger partial charge on any atom is 0.0409 e. The summed E-state index contributed by atoms with van der Waals surface area (Å²) in [6.45, 7) is 0. The fraction of sp³-hybridized carbons (Fsp3) is 0.571. The molecule has 2 bridgehead atoms. The summed E-state index contributed by atoms with van der Waals surface area (Å²) < 4.78 is 0. The van der Waals surface area contributed by atoms with Crippen LogP contribution in [-0.2, 0) is 0 Å². The third-order valence-electron chi connectivity index (χ3n) is 4.49. The van der Waals surface area contributed by atoms with Gasteiger partial charge in [-0.1, -0.05) is 30.2 Å². The van der Waals surface area contributed by atoms with Crippen LogP contribution in [0.5, 0.6) is 0 Å². The van der Waals surface area contributed by atoms with Gasteiger partial charge in [0.2, 0.25) is 0 Å². The Morgan fingerprint density at radius 2 is 2.12 bits per heavy atom. The van der Waals surface area contributed by atoms with Gasteiger partial charge >= 0.3 is 0 Å². The summed E-state index contributed by atoms with van der Waals surface area (Å²) in [5.41, 5.74) is 7.61. The Bertz CT molecular complexity index is 390. The van der Waals surface area contributed by atoms with Gasteiger partial charge in [0, 0.05) is 11.1 Å². The van der Waals surface area contributed by atoms with Gasteiger partial charge in [-0.05, 0) is 54.7 Å². The third kappa shape index (κ3) is 1.76. The molecule has 0 spiro atoms. The Morgan fingerprint density at radius 3 is 2.75 bits per heavy atom. The first kappa shape index (κ1) is 10.6. The number of fused-ring (bicyclic) bond motifs is 2. The van der Waals surface area contributed by atoms with E-state index in [9.17, 15) is 0 Å².